The molecule has 8 heteroatoms. The van der Waals surface area contributed by atoms with Crippen LogP contribution in [-0.2, 0) is 10.0 Å². The Labute approximate surface area is 137 Å². The van der Waals surface area contributed by atoms with Crippen molar-refractivity contribution in [1.29, 1.82) is 0 Å². The molecule has 0 atom stereocenters. The number of carbonyl (C=O) groups is 1. The van der Waals surface area contributed by atoms with Crippen molar-refractivity contribution < 1.29 is 13.2 Å². The lowest BCUT2D eigenvalue weighted by Gasteiger charge is -2.08. The van der Waals surface area contributed by atoms with Gasteiger partial charge in [-0.15, -0.1) is 19.0 Å². The lowest BCUT2D eigenvalue weighted by Crippen LogP contribution is -2.32. The van der Waals surface area contributed by atoms with Crippen LogP contribution in [0.1, 0.15) is 17.3 Å². The van der Waals surface area contributed by atoms with E-state index in [1.165, 1.54) is 18.2 Å². The minimum Gasteiger partial charge on any atom is -0.351 e. The van der Waals surface area contributed by atoms with Crippen molar-refractivity contribution in [3.63, 3.8) is 0 Å². The first-order chi connectivity index (χ1) is 10.0. The number of sulfonamides is 1. The summed E-state index contributed by atoms with van der Waals surface area (Å²) in [6, 6.07) is 5.92. The van der Waals surface area contributed by atoms with E-state index in [2.05, 4.69) is 21.9 Å². The number of benzene rings is 1. The highest BCUT2D eigenvalue weighted by molar-refractivity contribution is 7.89. The van der Waals surface area contributed by atoms with Crippen molar-refractivity contribution in [3.05, 3.63) is 42.5 Å². The molecule has 3 N–H and O–H groups in total. The molecule has 1 aromatic rings. The van der Waals surface area contributed by atoms with Gasteiger partial charge >= 0.3 is 0 Å². The van der Waals surface area contributed by atoms with E-state index in [9.17, 15) is 13.2 Å². The molecule has 0 radical (unpaired) electrons. The Hall–Kier alpha value is -1.41. The smallest absolute Gasteiger partial charge is 0.251 e. The molecule has 0 unspecified atom stereocenters. The summed E-state index contributed by atoms with van der Waals surface area (Å²) in [4.78, 5) is 12.0. The van der Waals surface area contributed by atoms with Gasteiger partial charge in [0.15, 0.2) is 0 Å². The van der Waals surface area contributed by atoms with Crippen LogP contribution in [0.25, 0.3) is 0 Å². The SMILES string of the molecule is C=CCNS(=O)(=O)c1cccc(C(=O)NCCNCC)c1.Cl. The summed E-state index contributed by atoms with van der Waals surface area (Å²) >= 11 is 0. The Kier molecular flexibility index (Phi) is 9.68. The van der Waals surface area contributed by atoms with E-state index in [-0.39, 0.29) is 29.8 Å². The molecule has 0 saturated carbocycles. The molecule has 0 bridgehead atoms. The summed E-state index contributed by atoms with van der Waals surface area (Å²) in [6.07, 6.45) is 1.45. The molecule has 124 valence electrons. The Morgan fingerprint density at radius 3 is 2.68 bits per heavy atom. The van der Waals surface area contributed by atoms with E-state index in [1.807, 2.05) is 6.92 Å². The van der Waals surface area contributed by atoms with Crippen molar-refractivity contribution in [2.75, 3.05) is 26.2 Å². The Morgan fingerprint density at radius 1 is 1.32 bits per heavy atom. The second kappa shape index (κ2) is 10.3. The Morgan fingerprint density at radius 2 is 2.05 bits per heavy atom. The molecule has 0 spiro atoms. The molecule has 6 nitrogen and oxygen atoms in total. The average Bonchev–Trinajstić information content (AvgIpc) is 2.49. The fourth-order valence-corrected chi connectivity index (χ4v) is 2.64. The average molecular weight is 348 g/mol. The van der Waals surface area contributed by atoms with Gasteiger partial charge in [0.25, 0.3) is 5.91 Å². The van der Waals surface area contributed by atoms with Gasteiger partial charge in [0.1, 0.15) is 0 Å². The minimum absolute atomic E-state index is 0. The van der Waals surface area contributed by atoms with Gasteiger partial charge in [-0.25, -0.2) is 13.1 Å². The number of nitrogens with one attached hydrogen (secondary N) is 3. The molecule has 0 aliphatic carbocycles. The highest BCUT2D eigenvalue weighted by Crippen LogP contribution is 2.11. The summed E-state index contributed by atoms with van der Waals surface area (Å²) < 4.78 is 26.3. The standard InChI is InChI=1S/C14H21N3O3S.ClH/c1-3-8-17-21(19,20)13-7-5-6-12(11-13)14(18)16-10-9-15-4-2;/h3,5-7,11,15,17H,1,4,8-10H2,2H3,(H,16,18);1H. The van der Waals surface area contributed by atoms with E-state index in [1.54, 1.807) is 12.1 Å². The van der Waals surface area contributed by atoms with Crippen molar-refractivity contribution in [2.45, 2.75) is 11.8 Å². The van der Waals surface area contributed by atoms with E-state index in [0.717, 1.165) is 6.54 Å². The Balaban J connectivity index is 0.00000441. The third-order valence-corrected chi connectivity index (χ3v) is 4.08. The Bertz CT molecular complexity index is 591. The summed E-state index contributed by atoms with van der Waals surface area (Å²) in [7, 11) is -3.62. The van der Waals surface area contributed by atoms with Crippen LogP contribution < -0.4 is 15.4 Å². The number of hydrogen-bond donors (Lipinski definition) is 3. The van der Waals surface area contributed by atoms with Crippen LogP contribution in [-0.4, -0.2) is 40.5 Å². The lowest BCUT2D eigenvalue weighted by atomic mass is 10.2. The van der Waals surface area contributed by atoms with Gasteiger partial charge in [0.2, 0.25) is 10.0 Å². The molecule has 0 aromatic heterocycles. The van der Waals surface area contributed by atoms with Crippen molar-refractivity contribution >= 4 is 28.3 Å². The summed E-state index contributed by atoms with van der Waals surface area (Å²) in [5.41, 5.74) is 0.313. The fraction of sp³-hybridized carbons (Fsp3) is 0.357. The first-order valence-electron chi connectivity index (χ1n) is 6.70. The highest BCUT2D eigenvalue weighted by Gasteiger charge is 2.15. The predicted octanol–water partition coefficient (Wildman–Crippen LogP) is 0.912. The summed E-state index contributed by atoms with van der Waals surface area (Å²) in [6.45, 7) is 7.56. The zero-order chi connectivity index (χ0) is 15.7. The molecule has 0 aliphatic rings. The van der Waals surface area contributed by atoms with Crippen molar-refractivity contribution in [1.82, 2.24) is 15.4 Å². The van der Waals surface area contributed by atoms with E-state index >= 15 is 0 Å². The molecule has 1 rings (SSSR count). The first-order valence-corrected chi connectivity index (χ1v) is 8.19. The number of rotatable bonds is 9. The monoisotopic (exact) mass is 347 g/mol. The van der Waals surface area contributed by atoms with Crippen LogP contribution in [0.3, 0.4) is 0 Å². The second-order valence-corrected chi connectivity index (χ2v) is 6.04. The van der Waals surface area contributed by atoms with Gasteiger partial charge in [-0.05, 0) is 24.7 Å². The zero-order valence-electron chi connectivity index (χ0n) is 12.5. The van der Waals surface area contributed by atoms with E-state index in [4.69, 9.17) is 0 Å². The fourth-order valence-electron chi connectivity index (χ4n) is 1.60. The molecule has 1 aromatic carbocycles. The highest BCUT2D eigenvalue weighted by atomic mass is 35.5. The topological polar surface area (TPSA) is 87.3 Å². The molecule has 22 heavy (non-hydrogen) atoms. The number of likely N-dealkylation sites (N-methyl/N-ethyl adjacent to an activating group) is 1. The van der Waals surface area contributed by atoms with Gasteiger partial charge in [0, 0.05) is 25.2 Å². The minimum atomic E-state index is -3.62. The van der Waals surface area contributed by atoms with Crippen LogP contribution in [0.2, 0.25) is 0 Å². The molecular formula is C14H22ClN3O3S. The maximum Gasteiger partial charge on any atom is 0.251 e. The van der Waals surface area contributed by atoms with Crippen molar-refractivity contribution in [3.8, 4) is 0 Å². The number of amides is 1. The maximum absolute atomic E-state index is 12.0. The third-order valence-electron chi connectivity index (χ3n) is 2.66. The van der Waals surface area contributed by atoms with Gasteiger partial charge in [0.05, 0.1) is 4.90 Å². The van der Waals surface area contributed by atoms with Crippen LogP contribution in [0, 0.1) is 0 Å². The molecule has 0 heterocycles. The normalized spacial score (nSPS) is 10.6. The van der Waals surface area contributed by atoms with Crippen LogP contribution in [0.5, 0.6) is 0 Å². The van der Waals surface area contributed by atoms with Gasteiger partial charge < -0.3 is 10.6 Å². The van der Waals surface area contributed by atoms with Crippen LogP contribution >= 0.6 is 12.4 Å². The lowest BCUT2D eigenvalue weighted by molar-refractivity contribution is 0.0953. The van der Waals surface area contributed by atoms with Gasteiger partial charge in [-0.3, -0.25) is 4.79 Å². The largest absolute Gasteiger partial charge is 0.351 e. The second-order valence-electron chi connectivity index (χ2n) is 4.28. The predicted molar refractivity (Wildman–Crippen MR) is 90.0 cm³/mol. The maximum atomic E-state index is 12.0. The third kappa shape index (κ3) is 6.57. The number of carbonyl (C=O) groups excluding carboxylic acids is 1. The van der Waals surface area contributed by atoms with Crippen molar-refractivity contribution in [2.24, 2.45) is 0 Å². The number of hydrogen-bond acceptors (Lipinski definition) is 4. The molecule has 1 amide bonds. The van der Waals surface area contributed by atoms with Crippen LogP contribution in [0.4, 0.5) is 0 Å². The quantitative estimate of drug-likeness (QED) is 0.458. The summed E-state index contributed by atoms with van der Waals surface area (Å²) in [5, 5.41) is 5.81. The van der Waals surface area contributed by atoms with Gasteiger partial charge in [-0.2, -0.15) is 0 Å². The molecule has 0 saturated heterocycles. The van der Waals surface area contributed by atoms with Gasteiger partial charge in [-0.1, -0.05) is 19.1 Å². The summed E-state index contributed by atoms with van der Waals surface area (Å²) in [5.74, 6) is -0.298. The molecular weight excluding hydrogens is 326 g/mol. The molecule has 0 fully saturated rings. The molecule has 0 aliphatic heterocycles. The first kappa shape index (κ1) is 20.6. The van der Waals surface area contributed by atoms with E-state index in [0.29, 0.717) is 18.7 Å². The number of halogens is 1. The van der Waals surface area contributed by atoms with Crippen LogP contribution in [0.15, 0.2) is 41.8 Å². The zero-order valence-corrected chi connectivity index (χ0v) is 14.1. The van der Waals surface area contributed by atoms with E-state index < -0.39 is 10.0 Å².